The Morgan fingerprint density at radius 3 is 1.56 bits per heavy atom. The molecular weight excluding hydrogens is 148 g/mol. The zero-order valence-electron chi connectivity index (χ0n) is 4.90. The highest BCUT2D eigenvalue weighted by Crippen LogP contribution is 1.61. The van der Waals surface area contributed by atoms with E-state index in [9.17, 15) is 0 Å². The fraction of sp³-hybridized carbons (Fsp3) is 1.00. The number of aliphatic hydroxyl groups excluding tert-OH is 1. The molecule has 0 aliphatic carbocycles. The largest absolute Gasteiger partial charge is 0.759 e. The molecular formula is C3H8O5S-2. The Balaban J connectivity index is 0. The lowest BCUT2D eigenvalue weighted by molar-refractivity contribution is 0.295. The van der Waals surface area contributed by atoms with Gasteiger partial charge in [0.15, 0.2) is 0 Å². The van der Waals surface area contributed by atoms with E-state index < -0.39 is 10.4 Å². The molecule has 0 unspecified atom stereocenters. The molecule has 9 heavy (non-hydrogen) atoms. The lowest BCUT2D eigenvalue weighted by Gasteiger charge is -2.06. The molecule has 5 nitrogen and oxygen atoms in total. The van der Waals surface area contributed by atoms with E-state index in [-0.39, 0.29) is 0 Å². The lowest BCUT2D eigenvalue weighted by Crippen LogP contribution is -1.91. The first-order chi connectivity index (χ1) is 3.91. The van der Waals surface area contributed by atoms with Crippen molar-refractivity contribution in [1.82, 2.24) is 0 Å². The van der Waals surface area contributed by atoms with Crippen molar-refractivity contribution in [2.45, 2.75) is 13.3 Å². The molecule has 0 aromatic rings. The zero-order valence-corrected chi connectivity index (χ0v) is 5.72. The van der Waals surface area contributed by atoms with Crippen LogP contribution in [0.1, 0.15) is 13.3 Å². The van der Waals surface area contributed by atoms with E-state index in [1.807, 2.05) is 6.92 Å². The molecule has 0 atom stereocenters. The Labute approximate surface area is 53.9 Å². The minimum atomic E-state index is -5.17. The van der Waals surface area contributed by atoms with Gasteiger partial charge in [-0.1, -0.05) is 6.92 Å². The van der Waals surface area contributed by atoms with Gasteiger partial charge in [0, 0.05) is 17.0 Å². The molecule has 0 rings (SSSR count). The van der Waals surface area contributed by atoms with Crippen LogP contribution in [0.3, 0.4) is 0 Å². The van der Waals surface area contributed by atoms with Crippen molar-refractivity contribution in [2.24, 2.45) is 0 Å². The summed E-state index contributed by atoms with van der Waals surface area (Å²) < 4.78 is 34.1. The Morgan fingerprint density at radius 2 is 1.56 bits per heavy atom. The molecule has 0 saturated heterocycles. The molecule has 0 bridgehead atoms. The molecule has 0 aromatic heterocycles. The summed E-state index contributed by atoms with van der Waals surface area (Å²) in [4.78, 5) is 0. The van der Waals surface area contributed by atoms with Crippen molar-refractivity contribution in [3.8, 4) is 0 Å². The van der Waals surface area contributed by atoms with E-state index >= 15 is 0 Å². The SMILES string of the molecule is CCCO.O=S(=O)([O-])[O-]. The van der Waals surface area contributed by atoms with Crippen molar-refractivity contribution < 1.29 is 22.6 Å². The summed E-state index contributed by atoms with van der Waals surface area (Å²) in [6.07, 6.45) is 0.875. The Kier molecular flexibility index (Phi) is 7.68. The van der Waals surface area contributed by atoms with Crippen molar-refractivity contribution >= 4 is 10.4 Å². The van der Waals surface area contributed by atoms with Crippen LogP contribution in [0.25, 0.3) is 0 Å². The maximum atomic E-state index is 8.52. The maximum Gasteiger partial charge on any atom is 0.0428 e. The van der Waals surface area contributed by atoms with Gasteiger partial charge in [-0.2, -0.15) is 0 Å². The fourth-order valence-electron chi connectivity index (χ4n) is 0. The van der Waals surface area contributed by atoms with Gasteiger partial charge in [0.25, 0.3) is 0 Å². The number of rotatable bonds is 1. The van der Waals surface area contributed by atoms with Crippen LogP contribution in [-0.2, 0) is 10.4 Å². The summed E-state index contributed by atoms with van der Waals surface area (Å²) in [6, 6.07) is 0. The molecule has 0 aliphatic heterocycles. The van der Waals surface area contributed by atoms with Gasteiger partial charge in [-0.25, -0.2) is 0 Å². The van der Waals surface area contributed by atoms with Gasteiger partial charge in [-0.05, 0) is 6.42 Å². The van der Waals surface area contributed by atoms with Crippen molar-refractivity contribution in [3.63, 3.8) is 0 Å². The lowest BCUT2D eigenvalue weighted by atomic mass is 10.5. The van der Waals surface area contributed by atoms with E-state index in [1.165, 1.54) is 0 Å². The molecule has 0 aromatic carbocycles. The molecule has 0 saturated carbocycles. The molecule has 0 fully saturated rings. The highest BCUT2D eigenvalue weighted by atomic mass is 32.3. The summed E-state index contributed by atoms with van der Waals surface area (Å²) in [5.74, 6) is 0. The number of aliphatic hydroxyl groups is 1. The molecule has 0 heterocycles. The van der Waals surface area contributed by atoms with E-state index in [2.05, 4.69) is 0 Å². The predicted octanol–water partition coefficient (Wildman–Crippen LogP) is -0.949. The predicted molar refractivity (Wildman–Crippen MR) is 27.9 cm³/mol. The van der Waals surface area contributed by atoms with Crippen LogP contribution in [-0.4, -0.2) is 29.2 Å². The third-order valence-corrected chi connectivity index (χ3v) is 0.224. The van der Waals surface area contributed by atoms with E-state index in [4.69, 9.17) is 22.6 Å². The number of hydrogen-bond donors (Lipinski definition) is 1. The van der Waals surface area contributed by atoms with Crippen LogP contribution in [0.5, 0.6) is 0 Å². The third kappa shape index (κ3) is 386. The van der Waals surface area contributed by atoms with Gasteiger partial charge >= 0.3 is 0 Å². The van der Waals surface area contributed by atoms with E-state index in [1.54, 1.807) is 0 Å². The molecule has 0 radical (unpaired) electrons. The summed E-state index contributed by atoms with van der Waals surface area (Å²) >= 11 is 0. The second kappa shape index (κ2) is 5.96. The molecule has 0 spiro atoms. The molecule has 58 valence electrons. The van der Waals surface area contributed by atoms with Gasteiger partial charge in [0.2, 0.25) is 0 Å². The van der Waals surface area contributed by atoms with Crippen molar-refractivity contribution in [1.29, 1.82) is 0 Å². The van der Waals surface area contributed by atoms with Crippen LogP contribution in [0, 0.1) is 0 Å². The maximum absolute atomic E-state index is 8.52. The fourth-order valence-corrected chi connectivity index (χ4v) is 0. The first-order valence-electron chi connectivity index (χ1n) is 2.19. The second-order valence-corrected chi connectivity index (χ2v) is 1.95. The highest BCUT2D eigenvalue weighted by Gasteiger charge is 1.57. The molecule has 6 heteroatoms. The van der Waals surface area contributed by atoms with Crippen molar-refractivity contribution in [2.75, 3.05) is 6.61 Å². The zero-order chi connectivity index (χ0) is 7.91. The molecule has 1 N–H and O–H groups in total. The normalized spacial score (nSPS) is 9.78. The molecule has 0 amide bonds. The number of hydrogen-bond acceptors (Lipinski definition) is 5. The van der Waals surface area contributed by atoms with Crippen LogP contribution in [0.4, 0.5) is 0 Å². The van der Waals surface area contributed by atoms with Gasteiger partial charge in [0.1, 0.15) is 0 Å². The van der Waals surface area contributed by atoms with Gasteiger partial charge in [-0.15, -0.1) is 0 Å². The van der Waals surface area contributed by atoms with E-state index in [0.717, 1.165) is 6.42 Å². The first-order valence-corrected chi connectivity index (χ1v) is 3.52. The monoisotopic (exact) mass is 156 g/mol. The molecule has 0 aliphatic rings. The quantitative estimate of drug-likeness (QED) is 0.389. The average molecular weight is 156 g/mol. The Hall–Kier alpha value is -0.170. The standard InChI is InChI=1S/C3H8O.H2O4S/c1-2-3-4;1-5(2,3)4/h4H,2-3H2,1H3;(H2,1,2,3,4)/p-2. The third-order valence-electron chi connectivity index (χ3n) is 0.224. The van der Waals surface area contributed by atoms with Crippen LogP contribution in [0.2, 0.25) is 0 Å². The topological polar surface area (TPSA) is 100 Å². The Bertz CT molecular complexity index is 115. The van der Waals surface area contributed by atoms with E-state index in [0.29, 0.717) is 6.61 Å². The minimum absolute atomic E-state index is 0.319. The summed E-state index contributed by atoms with van der Waals surface area (Å²) in [5, 5.41) is 7.88. The minimum Gasteiger partial charge on any atom is -0.759 e. The Morgan fingerprint density at radius 1 is 1.44 bits per heavy atom. The smallest absolute Gasteiger partial charge is 0.0428 e. The van der Waals surface area contributed by atoms with Crippen LogP contribution < -0.4 is 0 Å². The summed E-state index contributed by atoms with van der Waals surface area (Å²) in [7, 11) is -5.17. The summed E-state index contributed by atoms with van der Waals surface area (Å²) in [6.45, 7) is 2.25. The summed E-state index contributed by atoms with van der Waals surface area (Å²) in [5.41, 5.74) is 0. The van der Waals surface area contributed by atoms with Crippen LogP contribution >= 0.6 is 0 Å². The van der Waals surface area contributed by atoms with Crippen molar-refractivity contribution in [3.05, 3.63) is 0 Å². The first kappa shape index (κ1) is 11.6. The van der Waals surface area contributed by atoms with Gasteiger partial charge in [-0.3, -0.25) is 8.42 Å². The van der Waals surface area contributed by atoms with Gasteiger partial charge in [0.05, 0.1) is 0 Å². The highest BCUT2D eigenvalue weighted by molar-refractivity contribution is 7.79. The second-order valence-electron chi connectivity index (χ2n) is 1.13. The van der Waals surface area contributed by atoms with Gasteiger partial charge < -0.3 is 14.2 Å². The van der Waals surface area contributed by atoms with Crippen LogP contribution in [0.15, 0.2) is 0 Å². The average Bonchev–Trinajstić information content (AvgIpc) is 1.61.